The van der Waals surface area contributed by atoms with E-state index in [1.807, 2.05) is 43.3 Å². The highest BCUT2D eigenvalue weighted by Crippen LogP contribution is 2.22. The number of amides is 2. The van der Waals surface area contributed by atoms with E-state index in [4.69, 9.17) is 0 Å². The molecule has 1 atom stereocenters. The first-order valence-corrected chi connectivity index (χ1v) is 14.0. The minimum atomic E-state index is -4.07. The normalized spacial score (nSPS) is 12.0. The SMILES string of the molecule is CCCNC(=O)[C@H](Cc1ccccc1)N(Cc1ccccc1)C(=O)CN(c1ccc(F)c(F)c1)S(C)(=O)=O. The zero-order chi connectivity index (χ0) is 27.7. The predicted octanol–water partition coefficient (Wildman–Crippen LogP) is 3.90. The Balaban J connectivity index is 2.03. The zero-order valence-corrected chi connectivity index (χ0v) is 22.1. The molecule has 3 aromatic rings. The standard InChI is InChI=1S/C28H31F2N3O4S/c1-3-16-31-28(35)26(17-21-10-6-4-7-11-21)32(19-22-12-8-5-9-13-22)27(34)20-33(38(2,36)37)23-14-15-24(29)25(30)18-23/h4-15,18,26H,3,16-17,19-20H2,1-2H3,(H,31,35)/t26-/m0/s1. The lowest BCUT2D eigenvalue weighted by Crippen LogP contribution is -2.53. The topological polar surface area (TPSA) is 86.8 Å². The van der Waals surface area contributed by atoms with Crippen LogP contribution in [-0.4, -0.2) is 50.5 Å². The van der Waals surface area contributed by atoms with Gasteiger partial charge in [0.05, 0.1) is 11.9 Å². The number of nitrogens with zero attached hydrogens (tertiary/aromatic N) is 2. The van der Waals surface area contributed by atoms with Crippen molar-refractivity contribution in [2.45, 2.75) is 32.4 Å². The van der Waals surface area contributed by atoms with E-state index < -0.39 is 40.2 Å². The first kappa shape index (κ1) is 28.8. The molecule has 0 heterocycles. The number of rotatable bonds is 12. The second kappa shape index (κ2) is 13.1. The summed E-state index contributed by atoms with van der Waals surface area (Å²) in [4.78, 5) is 28.5. The Morgan fingerprint density at radius 3 is 2.05 bits per heavy atom. The lowest BCUT2D eigenvalue weighted by Gasteiger charge is -2.33. The maximum atomic E-state index is 14.0. The summed E-state index contributed by atoms with van der Waals surface area (Å²) in [6.07, 6.45) is 1.76. The van der Waals surface area contributed by atoms with E-state index in [1.54, 1.807) is 24.3 Å². The summed E-state index contributed by atoms with van der Waals surface area (Å²) >= 11 is 0. The summed E-state index contributed by atoms with van der Waals surface area (Å²) in [7, 11) is -4.07. The highest BCUT2D eigenvalue weighted by molar-refractivity contribution is 7.92. The summed E-state index contributed by atoms with van der Waals surface area (Å²) in [5.41, 5.74) is 1.35. The fourth-order valence-corrected chi connectivity index (χ4v) is 4.80. The van der Waals surface area contributed by atoms with E-state index in [9.17, 15) is 26.8 Å². The van der Waals surface area contributed by atoms with Gasteiger partial charge in [0.2, 0.25) is 21.8 Å². The van der Waals surface area contributed by atoms with Crippen LogP contribution in [0.5, 0.6) is 0 Å². The number of sulfonamides is 1. The van der Waals surface area contributed by atoms with Crippen molar-refractivity contribution in [3.63, 3.8) is 0 Å². The minimum absolute atomic E-state index is 0.0338. The van der Waals surface area contributed by atoms with Crippen LogP contribution in [0.15, 0.2) is 78.9 Å². The van der Waals surface area contributed by atoms with Crippen LogP contribution in [0.1, 0.15) is 24.5 Å². The van der Waals surface area contributed by atoms with Crippen LogP contribution in [0.2, 0.25) is 0 Å². The molecule has 0 aromatic heterocycles. The molecule has 0 saturated heterocycles. The molecule has 0 spiro atoms. The number of hydrogen-bond donors (Lipinski definition) is 1. The quantitative estimate of drug-likeness (QED) is 0.376. The Kier molecular flexibility index (Phi) is 9.95. The van der Waals surface area contributed by atoms with Crippen LogP contribution in [0.4, 0.5) is 14.5 Å². The van der Waals surface area contributed by atoms with Crippen molar-refractivity contribution >= 4 is 27.5 Å². The molecule has 1 N–H and O–H groups in total. The van der Waals surface area contributed by atoms with Gasteiger partial charge in [-0.2, -0.15) is 0 Å². The van der Waals surface area contributed by atoms with Gasteiger partial charge in [-0.05, 0) is 29.7 Å². The molecule has 0 saturated carbocycles. The zero-order valence-electron chi connectivity index (χ0n) is 21.3. The van der Waals surface area contributed by atoms with E-state index in [1.165, 1.54) is 4.90 Å². The Bertz CT molecular complexity index is 1340. The molecule has 10 heteroatoms. The third kappa shape index (κ3) is 7.85. The van der Waals surface area contributed by atoms with Crippen LogP contribution >= 0.6 is 0 Å². The number of carbonyl (C=O) groups excluding carboxylic acids is 2. The van der Waals surface area contributed by atoms with Gasteiger partial charge in [-0.1, -0.05) is 67.6 Å². The van der Waals surface area contributed by atoms with Crippen LogP contribution in [0, 0.1) is 11.6 Å². The molecule has 3 aromatic carbocycles. The van der Waals surface area contributed by atoms with Gasteiger partial charge in [0, 0.05) is 25.6 Å². The smallest absolute Gasteiger partial charge is 0.244 e. The lowest BCUT2D eigenvalue weighted by atomic mass is 10.0. The summed E-state index contributed by atoms with van der Waals surface area (Å²) in [5.74, 6) is -3.43. The number of hydrogen-bond acceptors (Lipinski definition) is 4. The van der Waals surface area contributed by atoms with E-state index >= 15 is 0 Å². The van der Waals surface area contributed by atoms with Gasteiger partial charge in [-0.3, -0.25) is 13.9 Å². The van der Waals surface area contributed by atoms with E-state index in [0.717, 1.165) is 35.6 Å². The first-order valence-electron chi connectivity index (χ1n) is 12.2. The van der Waals surface area contributed by atoms with Gasteiger partial charge in [0.25, 0.3) is 0 Å². The van der Waals surface area contributed by atoms with Gasteiger partial charge in [0.15, 0.2) is 11.6 Å². The highest BCUT2D eigenvalue weighted by Gasteiger charge is 2.33. The number of carbonyl (C=O) groups is 2. The maximum Gasteiger partial charge on any atom is 0.244 e. The third-order valence-corrected chi connectivity index (χ3v) is 7.03. The Labute approximate surface area is 222 Å². The molecular weight excluding hydrogens is 512 g/mol. The van der Waals surface area contributed by atoms with Gasteiger partial charge >= 0.3 is 0 Å². The second-order valence-electron chi connectivity index (χ2n) is 8.87. The molecule has 3 rings (SSSR count). The number of halogens is 2. The highest BCUT2D eigenvalue weighted by atomic mass is 32.2. The summed E-state index contributed by atoms with van der Waals surface area (Å²) < 4.78 is 53.5. The molecule has 0 fully saturated rings. The van der Waals surface area contributed by atoms with Gasteiger partial charge in [0.1, 0.15) is 12.6 Å². The van der Waals surface area contributed by atoms with Crippen molar-refractivity contribution in [3.05, 3.63) is 102 Å². The maximum absolute atomic E-state index is 14.0. The Hall–Kier alpha value is -3.79. The monoisotopic (exact) mass is 543 g/mol. The first-order chi connectivity index (χ1) is 18.1. The van der Waals surface area contributed by atoms with Crippen LogP contribution in [0.3, 0.4) is 0 Å². The van der Waals surface area contributed by atoms with Gasteiger partial charge in [-0.25, -0.2) is 17.2 Å². The van der Waals surface area contributed by atoms with Crippen molar-refractivity contribution in [1.82, 2.24) is 10.2 Å². The third-order valence-electron chi connectivity index (χ3n) is 5.89. The van der Waals surface area contributed by atoms with Crippen molar-refractivity contribution in [1.29, 1.82) is 0 Å². The molecule has 7 nitrogen and oxygen atoms in total. The molecule has 0 aliphatic rings. The van der Waals surface area contributed by atoms with Crippen LogP contribution in [-0.2, 0) is 32.6 Å². The van der Waals surface area contributed by atoms with Crippen molar-refractivity contribution in [2.24, 2.45) is 0 Å². The minimum Gasteiger partial charge on any atom is -0.354 e. The number of benzene rings is 3. The second-order valence-corrected chi connectivity index (χ2v) is 10.8. The molecule has 0 bridgehead atoms. The molecular formula is C28H31F2N3O4S. The molecule has 202 valence electrons. The van der Waals surface area contributed by atoms with Crippen LogP contribution in [0.25, 0.3) is 0 Å². The van der Waals surface area contributed by atoms with Crippen LogP contribution < -0.4 is 9.62 Å². The fraction of sp³-hybridized carbons (Fsp3) is 0.286. The van der Waals surface area contributed by atoms with Crippen molar-refractivity contribution < 1.29 is 26.8 Å². The summed E-state index contributed by atoms with van der Waals surface area (Å²) in [6, 6.07) is 19.8. The average Bonchev–Trinajstić information content (AvgIpc) is 2.90. The number of nitrogens with one attached hydrogen (secondary N) is 1. The van der Waals surface area contributed by atoms with E-state index in [2.05, 4.69) is 5.32 Å². The predicted molar refractivity (Wildman–Crippen MR) is 143 cm³/mol. The molecule has 0 aliphatic carbocycles. The molecule has 0 unspecified atom stereocenters. The summed E-state index contributed by atoms with van der Waals surface area (Å²) in [5, 5.41) is 2.85. The molecule has 2 amide bonds. The molecule has 0 aliphatic heterocycles. The molecule has 38 heavy (non-hydrogen) atoms. The van der Waals surface area contributed by atoms with Crippen molar-refractivity contribution in [2.75, 3.05) is 23.7 Å². The summed E-state index contributed by atoms with van der Waals surface area (Å²) in [6.45, 7) is 1.64. The largest absolute Gasteiger partial charge is 0.354 e. The van der Waals surface area contributed by atoms with Gasteiger partial charge < -0.3 is 10.2 Å². The molecule has 0 radical (unpaired) electrons. The Morgan fingerprint density at radius 2 is 1.50 bits per heavy atom. The Morgan fingerprint density at radius 1 is 0.895 bits per heavy atom. The van der Waals surface area contributed by atoms with Crippen molar-refractivity contribution in [3.8, 4) is 0 Å². The average molecular weight is 544 g/mol. The fourth-order valence-electron chi connectivity index (χ4n) is 3.95. The van der Waals surface area contributed by atoms with Gasteiger partial charge in [-0.15, -0.1) is 0 Å². The van der Waals surface area contributed by atoms with E-state index in [-0.39, 0.29) is 24.6 Å². The lowest BCUT2D eigenvalue weighted by molar-refractivity contribution is -0.140. The number of anilines is 1. The van der Waals surface area contributed by atoms with E-state index in [0.29, 0.717) is 17.3 Å².